The number of allylic oxidation sites excluding steroid dienone is 2. The van der Waals surface area contributed by atoms with Crippen molar-refractivity contribution in [2.75, 3.05) is 16.8 Å². The van der Waals surface area contributed by atoms with Crippen molar-refractivity contribution in [3.63, 3.8) is 0 Å². The van der Waals surface area contributed by atoms with Crippen LogP contribution in [0.3, 0.4) is 0 Å². The molecule has 6 atom stereocenters. The number of carbonyl (C=O) groups excluding carboxylic acids is 4. The second-order valence-corrected chi connectivity index (χ2v) is 10.7. The monoisotopic (exact) mass is 484 g/mol. The molecular weight excluding hydrogens is 456 g/mol. The largest absolute Gasteiger partial charge is 0.462 e. The summed E-state index contributed by atoms with van der Waals surface area (Å²) in [6.45, 7) is 4.27. The molecule has 0 aromatic heterocycles. The van der Waals surface area contributed by atoms with E-state index in [0.29, 0.717) is 40.9 Å². The van der Waals surface area contributed by atoms with Crippen LogP contribution in [0.2, 0.25) is 0 Å². The van der Waals surface area contributed by atoms with E-state index in [-0.39, 0.29) is 47.3 Å². The summed E-state index contributed by atoms with van der Waals surface area (Å²) >= 11 is 0. The number of ether oxygens (including phenoxy) is 1. The van der Waals surface area contributed by atoms with Crippen LogP contribution in [0.15, 0.2) is 60.7 Å². The summed E-state index contributed by atoms with van der Waals surface area (Å²) in [5.41, 5.74) is 1.70. The number of nitrogens with zero attached hydrogens (tertiary/aromatic N) is 1. The van der Waals surface area contributed by atoms with Gasteiger partial charge in [0.15, 0.2) is 0 Å². The van der Waals surface area contributed by atoms with Crippen LogP contribution < -0.4 is 10.2 Å². The van der Waals surface area contributed by atoms with E-state index < -0.39 is 5.97 Å². The van der Waals surface area contributed by atoms with Gasteiger partial charge in [-0.1, -0.05) is 32.1 Å². The van der Waals surface area contributed by atoms with Crippen molar-refractivity contribution < 1.29 is 23.9 Å². The Labute approximate surface area is 209 Å². The molecule has 2 aromatic rings. The van der Waals surface area contributed by atoms with Crippen LogP contribution in [0, 0.1) is 41.4 Å². The minimum absolute atomic E-state index is 0.146. The van der Waals surface area contributed by atoms with Crippen molar-refractivity contribution in [3.8, 4) is 0 Å². The quantitative estimate of drug-likeness (QED) is 0.375. The molecule has 7 nitrogen and oxygen atoms in total. The molecule has 4 aliphatic carbocycles. The van der Waals surface area contributed by atoms with Crippen LogP contribution in [-0.2, 0) is 14.3 Å². The van der Waals surface area contributed by atoms with Gasteiger partial charge in [0.2, 0.25) is 11.8 Å². The molecule has 3 amide bonds. The highest BCUT2D eigenvalue weighted by Gasteiger charge is 2.67. The van der Waals surface area contributed by atoms with Crippen LogP contribution in [0.5, 0.6) is 0 Å². The SMILES string of the molecule is CC(C)COC(=O)c1ccc(NC(=O)c2cccc(N3C(=O)[C@@H]4[C@H]5C=C[C@@H]([C@@H]6C[C@H]56)[C@H]4C3=O)c2)cc1. The van der Waals surface area contributed by atoms with Gasteiger partial charge in [0.1, 0.15) is 0 Å². The molecular formula is C29H28N2O5. The molecule has 3 fully saturated rings. The highest BCUT2D eigenvalue weighted by atomic mass is 16.5. The first-order chi connectivity index (χ1) is 17.3. The van der Waals surface area contributed by atoms with Crippen molar-refractivity contribution >= 4 is 35.1 Å². The van der Waals surface area contributed by atoms with Gasteiger partial charge in [0.05, 0.1) is 29.7 Å². The summed E-state index contributed by atoms with van der Waals surface area (Å²) < 4.78 is 5.23. The Morgan fingerprint density at radius 3 is 2.19 bits per heavy atom. The third-order valence-corrected chi connectivity index (χ3v) is 7.96. The van der Waals surface area contributed by atoms with Gasteiger partial charge in [0, 0.05) is 11.3 Å². The molecule has 1 heterocycles. The Morgan fingerprint density at radius 2 is 1.58 bits per heavy atom. The lowest BCUT2D eigenvalue weighted by atomic mass is 9.63. The summed E-state index contributed by atoms with van der Waals surface area (Å²) in [7, 11) is 0. The zero-order valence-electron chi connectivity index (χ0n) is 20.2. The molecule has 1 N–H and O–H groups in total. The van der Waals surface area contributed by atoms with E-state index in [1.807, 2.05) is 13.8 Å². The smallest absolute Gasteiger partial charge is 0.338 e. The standard InChI is InChI=1S/C29H28N2O5/c1-15(2)14-36-29(35)16-6-8-18(9-7-16)30-26(32)17-4-3-5-19(12-17)31-27(33)24-20-10-11-21(23-13-22(20)23)25(24)28(31)34/h3-12,15,20-25H,13-14H2,1-2H3,(H,30,32)/t20-,21-,22-,23+,24+,25+/m0/s1. The highest BCUT2D eigenvalue weighted by Crippen LogP contribution is 2.65. The van der Waals surface area contributed by atoms with E-state index >= 15 is 0 Å². The minimum Gasteiger partial charge on any atom is -0.462 e. The summed E-state index contributed by atoms with van der Waals surface area (Å²) in [4.78, 5) is 53.1. The van der Waals surface area contributed by atoms with Gasteiger partial charge in [-0.05, 0) is 78.5 Å². The Morgan fingerprint density at radius 1 is 0.944 bits per heavy atom. The van der Waals surface area contributed by atoms with Crippen molar-refractivity contribution in [2.24, 2.45) is 41.4 Å². The van der Waals surface area contributed by atoms with Gasteiger partial charge in [-0.2, -0.15) is 0 Å². The fraction of sp³-hybridized carbons (Fsp3) is 0.379. The third kappa shape index (κ3) is 3.65. The maximum absolute atomic E-state index is 13.4. The van der Waals surface area contributed by atoms with Crippen LogP contribution >= 0.6 is 0 Å². The molecule has 1 saturated heterocycles. The molecule has 2 aromatic carbocycles. The van der Waals surface area contributed by atoms with Gasteiger partial charge in [-0.3, -0.25) is 14.4 Å². The van der Waals surface area contributed by atoms with Crippen LogP contribution in [0.1, 0.15) is 41.0 Å². The Bertz CT molecular complexity index is 1260. The van der Waals surface area contributed by atoms with Gasteiger partial charge in [-0.15, -0.1) is 0 Å². The van der Waals surface area contributed by atoms with E-state index in [1.54, 1.807) is 48.5 Å². The minimum atomic E-state index is -0.407. The fourth-order valence-corrected chi connectivity index (χ4v) is 6.22. The molecule has 184 valence electrons. The van der Waals surface area contributed by atoms with Gasteiger partial charge in [-0.25, -0.2) is 9.69 Å². The second kappa shape index (κ2) is 8.43. The molecule has 0 unspecified atom stereocenters. The van der Waals surface area contributed by atoms with Crippen LogP contribution in [-0.4, -0.2) is 30.3 Å². The average molecular weight is 485 g/mol. The number of benzene rings is 2. The maximum Gasteiger partial charge on any atom is 0.338 e. The number of esters is 1. The second-order valence-electron chi connectivity index (χ2n) is 10.7. The lowest BCUT2D eigenvalue weighted by Crippen LogP contribution is -2.40. The molecule has 2 saturated carbocycles. The van der Waals surface area contributed by atoms with Gasteiger partial charge in [0.25, 0.3) is 5.91 Å². The number of carbonyl (C=O) groups is 4. The van der Waals surface area contributed by atoms with E-state index in [9.17, 15) is 19.2 Å². The van der Waals surface area contributed by atoms with Crippen LogP contribution in [0.25, 0.3) is 0 Å². The maximum atomic E-state index is 13.4. The molecule has 7 rings (SSSR count). The Kier molecular flexibility index (Phi) is 5.32. The number of hydrogen-bond donors (Lipinski definition) is 1. The molecule has 7 heteroatoms. The van der Waals surface area contributed by atoms with E-state index in [1.165, 1.54) is 4.90 Å². The zero-order valence-corrected chi connectivity index (χ0v) is 20.2. The van der Waals surface area contributed by atoms with E-state index in [0.717, 1.165) is 6.42 Å². The Balaban J connectivity index is 1.16. The van der Waals surface area contributed by atoms with Crippen molar-refractivity contribution in [3.05, 3.63) is 71.8 Å². The molecule has 1 aliphatic heterocycles. The summed E-state index contributed by atoms with van der Waals surface area (Å²) in [6.07, 6.45) is 5.41. The van der Waals surface area contributed by atoms with E-state index in [4.69, 9.17) is 4.74 Å². The Hall–Kier alpha value is -3.74. The number of nitrogens with one attached hydrogen (secondary N) is 1. The lowest BCUT2D eigenvalue weighted by Gasteiger charge is -2.37. The number of rotatable bonds is 6. The van der Waals surface area contributed by atoms with Crippen LogP contribution in [0.4, 0.5) is 11.4 Å². The summed E-state index contributed by atoms with van der Waals surface area (Å²) in [5, 5.41) is 2.81. The van der Waals surface area contributed by atoms with Crippen molar-refractivity contribution in [1.29, 1.82) is 0 Å². The summed E-state index contributed by atoms with van der Waals surface area (Å²) in [5.74, 6) is 0.0144. The highest BCUT2D eigenvalue weighted by molar-refractivity contribution is 6.23. The molecule has 0 spiro atoms. The van der Waals surface area contributed by atoms with Gasteiger partial charge >= 0.3 is 5.97 Å². The molecule has 36 heavy (non-hydrogen) atoms. The fourth-order valence-electron chi connectivity index (χ4n) is 6.22. The number of hydrogen-bond acceptors (Lipinski definition) is 5. The topological polar surface area (TPSA) is 92.8 Å². The zero-order chi connectivity index (χ0) is 25.1. The van der Waals surface area contributed by atoms with Gasteiger partial charge < -0.3 is 10.1 Å². The lowest BCUT2D eigenvalue weighted by molar-refractivity contribution is -0.124. The van der Waals surface area contributed by atoms with Crippen molar-refractivity contribution in [2.45, 2.75) is 20.3 Å². The number of imide groups is 1. The molecule has 2 bridgehead atoms. The normalized spacial score (nSPS) is 29.2. The molecule has 0 radical (unpaired) electrons. The van der Waals surface area contributed by atoms with Crippen molar-refractivity contribution in [1.82, 2.24) is 0 Å². The molecule has 5 aliphatic rings. The van der Waals surface area contributed by atoms with E-state index in [2.05, 4.69) is 17.5 Å². The average Bonchev–Trinajstić information content (AvgIpc) is 3.66. The first kappa shape index (κ1) is 22.7. The third-order valence-electron chi connectivity index (χ3n) is 7.96. The predicted octanol–water partition coefficient (Wildman–Crippen LogP) is 4.31. The first-order valence-electron chi connectivity index (χ1n) is 12.6. The first-order valence-corrected chi connectivity index (χ1v) is 12.6. The number of anilines is 2. The predicted molar refractivity (Wildman–Crippen MR) is 133 cm³/mol. The number of amides is 3. The summed E-state index contributed by atoms with van der Waals surface area (Å²) in [6, 6.07) is 13.1.